The zero-order chi connectivity index (χ0) is 20.5. The number of aromatic hydroxyl groups is 1. The number of hydrogen-bond acceptors (Lipinski definition) is 7. The number of hydrogen-bond donors (Lipinski definition) is 4. The summed E-state index contributed by atoms with van der Waals surface area (Å²) < 4.78 is 51.9. The molecule has 0 bridgehead atoms. The van der Waals surface area contributed by atoms with E-state index in [1.54, 1.807) is 0 Å². The summed E-state index contributed by atoms with van der Waals surface area (Å²) in [6.45, 7) is 0. The summed E-state index contributed by atoms with van der Waals surface area (Å²) >= 11 is 0. The molecule has 0 amide bonds. The van der Waals surface area contributed by atoms with E-state index in [1.165, 1.54) is 56.6 Å². The molecule has 0 aliphatic carbocycles. The standard InChI is InChI=1S/C16H17N5O5S2/c1-17-27(23,24)11-5-3-10(4-6-11)20-21-15-13-9-12(28(25,26)18-2)7-8-14(13)19-16(15)22/h3-9,17-19,22H,1-2H3. The van der Waals surface area contributed by atoms with Gasteiger partial charge in [-0.15, -0.1) is 5.11 Å². The Morgan fingerprint density at radius 3 is 2.04 bits per heavy atom. The zero-order valence-corrected chi connectivity index (χ0v) is 16.5. The van der Waals surface area contributed by atoms with Gasteiger partial charge >= 0.3 is 0 Å². The maximum atomic E-state index is 12.0. The Bertz CT molecular complexity index is 1260. The van der Waals surface area contributed by atoms with Crippen molar-refractivity contribution in [3.8, 4) is 5.88 Å². The van der Waals surface area contributed by atoms with Crippen LogP contribution in [0.3, 0.4) is 0 Å². The average Bonchev–Trinajstić information content (AvgIpc) is 3.01. The maximum Gasteiger partial charge on any atom is 0.240 e. The Kier molecular flexibility index (Phi) is 5.21. The molecule has 148 valence electrons. The number of aromatic amines is 1. The highest BCUT2D eigenvalue weighted by Crippen LogP contribution is 2.37. The molecule has 0 radical (unpaired) electrons. The number of fused-ring (bicyclic) bond motifs is 1. The van der Waals surface area contributed by atoms with E-state index in [2.05, 4.69) is 24.7 Å². The number of nitrogens with zero attached hydrogens (tertiary/aromatic N) is 2. The number of azo groups is 1. The van der Waals surface area contributed by atoms with Crippen LogP contribution < -0.4 is 9.44 Å². The van der Waals surface area contributed by atoms with E-state index in [4.69, 9.17) is 0 Å². The third kappa shape index (κ3) is 3.75. The van der Waals surface area contributed by atoms with Gasteiger partial charge in [-0.2, -0.15) is 5.11 Å². The molecule has 0 fully saturated rings. The molecule has 3 aromatic rings. The molecule has 0 aliphatic heterocycles. The van der Waals surface area contributed by atoms with Crippen LogP contribution in [0.5, 0.6) is 5.88 Å². The number of H-pyrrole nitrogens is 1. The monoisotopic (exact) mass is 423 g/mol. The van der Waals surface area contributed by atoms with E-state index in [0.717, 1.165) is 0 Å². The van der Waals surface area contributed by atoms with Crippen LogP contribution in [0.2, 0.25) is 0 Å². The Morgan fingerprint density at radius 2 is 1.43 bits per heavy atom. The number of sulfonamides is 2. The number of aromatic nitrogens is 1. The highest BCUT2D eigenvalue weighted by molar-refractivity contribution is 7.89. The molecule has 0 atom stereocenters. The lowest BCUT2D eigenvalue weighted by Crippen LogP contribution is -2.18. The second-order valence-electron chi connectivity index (χ2n) is 5.64. The van der Waals surface area contributed by atoms with Gasteiger partial charge in [0.1, 0.15) is 0 Å². The summed E-state index contributed by atoms with van der Waals surface area (Å²) in [4.78, 5) is 2.78. The average molecular weight is 423 g/mol. The second-order valence-corrected chi connectivity index (χ2v) is 9.41. The van der Waals surface area contributed by atoms with Crippen molar-refractivity contribution in [2.45, 2.75) is 9.79 Å². The van der Waals surface area contributed by atoms with Crippen LogP contribution in [0.4, 0.5) is 11.4 Å². The van der Waals surface area contributed by atoms with Gasteiger partial charge in [0.25, 0.3) is 0 Å². The topological polar surface area (TPSA) is 153 Å². The molecule has 0 spiro atoms. The lowest BCUT2D eigenvalue weighted by atomic mass is 10.2. The van der Waals surface area contributed by atoms with Gasteiger partial charge in [0.15, 0.2) is 5.69 Å². The van der Waals surface area contributed by atoms with E-state index in [1.807, 2.05) is 0 Å². The van der Waals surface area contributed by atoms with Gasteiger partial charge in [-0.05, 0) is 56.6 Å². The normalized spacial score (nSPS) is 12.8. The van der Waals surface area contributed by atoms with Crippen LogP contribution in [0.25, 0.3) is 10.9 Å². The van der Waals surface area contributed by atoms with Gasteiger partial charge in [0.2, 0.25) is 25.9 Å². The molecule has 1 aromatic heterocycles. The van der Waals surface area contributed by atoms with E-state index < -0.39 is 20.0 Å². The summed E-state index contributed by atoms with van der Waals surface area (Å²) in [5, 5.41) is 18.4. The molecular formula is C16H17N5O5S2. The van der Waals surface area contributed by atoms with Crippen LogP contribution in [-0.2, 0) is 20.0 Å². The van der Waals surface area contributed by atoms with Crippen LogP contribution in [0.15, 0.2) is 62.5 Å². The van der Waals surface area contributed by atoms with Crippen molar-refractivity contribution in [3.05, 3.63) is 42.5 Å². The first-order chi connectivity index (χ1) is 13.2. The molecule has 0 unspecified atom stereocenters. The van der Waals surface area contributed by atoms with Gasteiger partial charge in [0.05, 0.1) is 21.0 Å². The van der Waals surface area contributed by atoms with Gasteiger partial charge in [-0.25, -0.2) is 26.3 Å². The molecule has 2 aromatic carbocycles. The summed E-state index contributed by atoms with van der Waals surface area (Å²) in [6.07, 6.45) is 0. The number of benzene rings is 2. The van der Waals surface area contributed by atoms with Crippen LogP contribution in [-0.4, -0.2) is 41.0 Å². The third-order valence-electron chi connectivity index (χ3n) is 3.98. The Morgan fingerprint density at radius 1 is 0.857 bits per heavy atom. The molecule has 10 nitrogen and oxygen atoms in total. The van der Waals surface area contributed by atoms with Crippen LogP contribution in [0, 0.1) is 0 Å². The minimum atomic E-state index is -3.67. The molecule has 0 aliphatic rings. The highest BCUT2D eigenvalue weighted by atomic mass is 32.2. The van der Waals surface area contributed by atoms with Gasteiger partial charge < -0.3 is 10.1 Å². The van der Waals surface area contributed by atoms with Crippen molar-refractivity contribution in [2.75, 3.05) is 14.1 Å². The highest BCUT2D eigenvalue weighted by Gasteiger charge is 2.16. The fraction of sp³-hybridized carbons (Fsp3) is 0.125. The van der Waals surface area contributed by atoms with E-state index in [-0.39, 0.29) is 21.4 Å². The third-order valence-corrected chi connectivity index (χ3v) is 6.83. The van der Waals surface area contributed by atoms with E-state index in [0.29, 0.717) is 16.6 Å². The van der Waals surface area contributed by atoms with Gasteiger partial charge in [0, 0.05) is 5.39 Å². The largest absolute Gasteiger partial charge is 0.493 e. The van der Waals surface area contributed by atoms with Crippen molar-refractivity contribution in [1.29, 1.82) is 0 Å². The first kappa shape index (κ1) is 19.9. The lowest BCUT2D eigenvalue weighted by Gasteiger charge is -2.02. The zero-order valence-electron chi connectivity index (χ0n) is 14.8. The molecule has 12 heteroatoms. The summed E-state index contributed by atoms with van der Waals surface area (Å²) in [6, 6.07) is 9.92. The first-order valence-corrected chi connectivity index (χ1v) is 10.9. The number of rotatable bonds is 6. The molecule has 0 saturated heterocycles. The van der Waals surface area contributed by atoms with E-state index in [9.17, 15) is 21.9 Å². The van der Waals surface area contributed by atoms with Crippen molar-refractivity contribution in [1.82, 2.24) is 14.4 Å². The molecule has 28 heavy (non-hydrogen) atoms. The fourth-order valence-corrected chi connectivity index (χ4v) is 3.93. The van der Waals surface area contributed by atoms with Gasteiger partial charge in [-0.3, -0.25) is 0 Å². The Balaban J connectivity index is 2.00. The minimum absolute atomic E-state index is 0.0135. The minimum Gasteiger partial charge on any atom is -0.493 e. The van der Waals surface area contributed by atoms with Crippen LogP contribution in [0.1, 0.15) is 0 Å². The van der Waals surface area contributed by atoms with Crippen molar-refractivity contribution in [3.63, 3.8) is 0 Å². The quantitative estimate of drug-likeness (QED) is 0.447. The second kappa shape index (κ2) is 7.31. The van der Waals surface area contributed by atoms with Crippen molar-refractivity contribution >= 4 is 42.3 Å². The smallest absolute Gasteiger partial charge is 0.240 e. The SMILES string of the molecule is CNS(=O)(=O)c1ccc(N=Nc2c(O)[nH]c3ccc(S(=O)(=O)NC)cc23)cc1. The maximum absolute atomic E-state index is 12.0. The predicted molar refractivity (Wildman–Crippen MR) is 103 cm³/mol. The number of nitrogens with one attached hydrogen (secondary N) is 3. The molecule has 3 rings (SSSR count). The van der Waals surface area contributed by atoms with Crippen molar-refractivity contribution < 1.29 is 21.9 Å². The van der Waals surface area contributed by atoms with E-state index >= 15 is 0 Å². The van der Waals surface area contributed by atoms with Gasteiger partial charge in [-0.1, -0.05) is 0 Å². The Labute approximate surface area is 161 Å². The fourth-order valence-electron chi connectivity index (χ4n) is 2.45. The molecular weight excluding hydrogens is 406 g/mol. The predicted octanol–water partition coefficient (Wildman–Crippen LogP) is 2.11. The summed E-state index contributed by atoms with van der Waals surface area (Å²) in [7, 11) is -4.62. The lowest BCUT2D eigenvalue weighted by molar-refractivity contribution is 0.459. The Hall–Kier alpha value is -2.80. The summed E-state index contributed by atoms with van der Waals surface area (Å²) in [5.74, 6) is -0.271. The summed E-state index contributed by atoms with van der Waals surface area (Å²) in [5.41, 5.74) is 0.898. The van der Waals surface area contributed by atoms with Crippen molar-refractivity contribution in [2.24, 2.45) is 10.2 Å². The molecule has 4 N–H and O–H groups in total. The van der Waals surface area contributed by atoms with Crippen LogP contribution >= 0.6 is 0 Å². The molecule has 1 heterocycles. The molecule has 0 saturated carbocycles. The first-order valence-electron chi connectivity index (χ1n) is 7.91.